The van der Waals surface area contributed by atoms with Crippen LogP contribution < -0.4 is 16.0 Å². The fourth-order valence-electron chi connectivity index (χ4n) is 4.63. The van der Waals surface area contributed by atoms with Crippen molar-refractivity contribution in [2.75, 3.05) is 36.4 Å². The molecule has 5 N–H and O–H groups in total. The minimum atomic E-state index is -0.534. The number of imidazole rings is 1. The molecule has 0 radical (unpaired) electrons. The first-order valence-electron chi connectivity index (χ1n) is 12.6. The van der Waals surface area contributed by atoms with E-state index < -0.39 is 5.91 Å². The van der Waals surface area contributed by atoms with E-state index in [9.17, 15) is 9.59 Å². The van der Waals surface area contributed by atoms with Gasteiger partial charge in [-0.1, -0.05) is 29.8 Å². The predicted molar refractivity (Wildman–Crippen MR) is 152 cm³/mol. The molecule has 2 amide bonds. The number of hydrogen-bond donors (Lipinski definition) is 4. The Morgan fingerprint density at radius 2 is 1.82 bits per heavy atom. The number of nitrogens with zero attached hydrogens (tertiary/aromatic N) is 6. The number of aromatic nitrogens is 6. The normalized spacial score (nSPS) is 13.6. The molecule has 40 heavy (non-hydrogen) atoms. The number of hydrogen-bond acceptors (Lipinski definition) is 8. The van der Waals surface area contributed by atoms with Crippen LogP contribution in [0.3, 0.4) is 0 Å². The van der Waals surface area contributed by atoms with Crippen LogP contribution in [0.1, 0.15) is 26.4 Å². The van der Waals surface area contributed by atoms with Crippen LogP contribution in [0.4, 0.5) is 17.6 Å². The lowest BCUT2D eigenvalue weighted by Gasteiger charge is -2.35. The first kappa shape index (κ1) is 25.3. The summed E-state index contributed by atoms with van der Waals surface area (Å²) in [7, 11) is 0. The fourth-order valence-corrected chi connectivity index (χ4v) is 4.77. The van der Waals surface area contributed by atoms with E-state index in [0.717, 1.165) is 11.3 Å². The Morgan fingerprint density at radius 3 is 2.52 bits per heavy atom. The third-order valence-electron chi connectivity index (χ3n) is 6.72. The van der Waals surface area contributed by atoms with Crippen LogP contribution in [0.15, 0.2) is 54.7 Å². The van der Waals surface area contributed by atoms with Crippen LogP contribution in [-0.4, -0.2) is 73.0 Å². The van der Waals surface area contributed by atoms with Gasteiger partial charge in [0.1, 0.15) is 16.4 Å². The molecule has 0 spiro atoms. The highest BCUT2D eigenvalue weighted by Gasteiger charge is 2.24. The molecule has 1 aliphatic heterocycles. The average Bonchev–Trinajstić information content (AvgIpc) is 3.59. The number of carbonyl (C=O) groups excluding carboxylic acids is 2. The molecule has 0 aliphatic carbocycles. The summed E-state index contributed by atoms with van der Waals surface area (Å²) < 4.78 is 0. The van der Waals surface area contributed by atoms with Gasteiger partial charge in [0.2, 0.25) is 5.95 Å². The van der Waals surface area contributed by atoms with Crippen molar-refractivity contribution in [2.24, 2.45) is 5.73 Å². The van der Waals surface area contributed by atoms with Gasteiger partial charge >= 0.3 is 0 Å². The van der Waals surface area contributed by atoms with Crippen LogP contribution in [-0.2, 0) is 0 Å². The SMILES string of the molecule is Cc1cc(Nc2nc(N3CCN(C(=O)c4ccc(-c5nc6c(C(N)=O)cccc6[nH]5)cc4)CC3)ncc2Cl)n[nH]1. The molecule has 13 heteroatoms. The zero-order valence-electron chi connectivity index (χ0n) is 21.5. The van der Waals surface area contributed by atoms with Crippen LogP contribution in [0.2, 0.25) is 5.02 Å². The standard InChI is InChI=1S/C27H25ClN10O2/c1-15-13-21(36-35-15)32-25-19(28)14-30-27(34-25)38-11-9-37(10-12-38)26(40)17-7-5-16(6-8-17)24-31-20-4-2-3-18(23(29)39)22(20)33-24/h2-8,13-14H,9-12H2,1H3,(H2,29,39)(H,31,33)(H2,30,32,34,35,36). The maximum Gasteiger partial charge on any atom is 0.253 e. The number of para-hydroxylation sites is 1. The van der Waals surface area contributed by atoms with Gasteiger partial charge in [-0.15, -0.1) is 0 Å². The molecule has 3 aromatic heterocycles. The van der Waals surface area contributed by atoms with Crippen molar-refractivity contribution in [1.29, 1.82) is 0 Å². The average molecular weight is 557 g/mol. The molecule has 1 saturated heterocycles. The van der Waals surface area contributed by atoms with Crippen LogP contribution in [0.5, 0.6) is 0 Å². The number of aromatic amines is 2. The molecule has 1 aliphatic rings. The van der Waals surface area contributed by atoms with Crippen molar-refractivity contribution < 1.29 is 9.59 Å². The highest BCUT2D eigenvalue weighted by Crippen LogP contribution is 2.26. The number of halogens is 1. The molecular weight excluding hydrogens is 532 g/mol. The molecule has 2 aromatic carbocycles. The lowest BCUT2D eigenvalue weighted by Crippen LogP contribution is -2.49. The Bertz CT molecular complexity index is 1720. The molecule has 4 heterocycles. The molecule has 5 aromatic rings. The van der Waals surface area contributed by atoms with Crippen LogP contribution in [0.25, 0.3) is 22.4 Å². The summed E-state index contributed by atoms with van der Waals surface area (Å²) in [4.78, 5) is 45.5. The number of carbonyl (C=O) groups is 2. The molecular formula is C27H25ClN10O2. The van der Waals surface area contributed by atoms with Crippen molar-refractivity contribution >= 4 is 52.0 Å². The number of anilines is 3. The van der Waals surface area contributed by atoms with Crippen molar-refractivity contribution in [2.45, 2.75) is 6.92 Å². The first-order chi connectivity index (χ1) is 19.4. The third-order valence-corrected chi connectivity index (χ3v) is 6.99. The third kappa shape index (κ3) is 4.92. The monoisotopic (exact) mass is 556 g/mol. The molecule has 0 bridgehead atoms. The van der Waals surface area contributed by atoms with Crippen LogP contribution >= 0.6 is 11.6 Å². The molecule has 202 valence electrons. The molecule has 1 fully saturated rings. The van der Waals surface area contributed by atoms with E-state index in [1.165, 1.54) is 0 Å². The summed E-state index contributed by atoms with van der Waals surface area (Å²) in [5.74, 6) is 1.61. The summed E-state index contributed by atoms with van der Waals surface area (Å²) >= 11 is 6.29. The summed E-state index contributed by atoms with van der Waals surface area (Å²) in [6, 6.07) is 14.3. The quantitative estimate of drug-likeness (QED) is 0.247. The Hall–Kier alpha value is -4.97. The van der Waals surface area contributed by atoms with E-state index in [-0.39, 0.29) is 5.91 Å². The number of fused-ring (bicyclic) bond motifs is 1. The van der Waals surface area contributed by atoms with E-state index in [1.54, 1.807) is 30.5 Å². The lowest BCUT2D eigenvalue weighted by molar-refractivity contribution is 0.0746. The van der Waals surface area contributed by atoms with Crippen LogP contribution in [0, 0.1) is 6.92 Å². The number of amides is 2. The highest BCUT2D eigenvalue weighted by atomic mass is 35.5. The molecule has 6 rings (SSSR count). The van der Waals surface area contributed by atoms with E-state index >= 15 is 0 Å². The number of H-pyrrole nitrogens is 2. The minimum Gasteiger partial charge on any atom is -0.366 e. The topological polar surface area (TPSA) is 162 Å². The zero-order valence-corrected chi connectivity index (χ0v) is 22.2. The van der Waals surface area contributed by atoms with Gasteiger partial charge in [-0.2, -0.15) is 10.1 Å². The van der Waals surface area contributed by atoms with Gasteiger partial charge in [-0.25, -0.2) is 9.97 Å². The molecule has 0 unspecified atom stereocenters. The van der Waals surface area contributed by atoms with Gasteiger partial charge in [0.15, 0.2) is 11.6 Å². The van der Waals surface area contributed by atoms with E-state index in [4.69, 9.17) is 17.3 Å². The zero-order chi connectivity index (χ0) is 27.8. The Balaban J connectivity index is 1.11. The van der Waals surface area contributed by atoms with Gasteiger partial charge in [0.25, 0.3) is 11.8 Å². The molecule has 0 saturated carbocycles. The molecule has 12 nitrogen and oxygen atoms in total. The lowest BCUT2D eigenvalue weighted by atomic mass is 10.1. The number of aryl methyl sites for hydroxylation is 1. The maximum absolute atomic E-state index is 13.2. The maximum atomic E-state index is 13.2. The smallest absolute Gasteiger partial charge is 0.253 e. The van der Waals surface area contributed by atoms with E-state index in [1.807, 2.05) is 41.0 Å². The predicted octanol–water partition coefficient (Wildman–Crippen LogP) is 3.51. The number of benzene rings is 2. The Kier molecular flexibility index (Phi) is 6.52. The van der Waals surface area contributed by atoms with E-state index in [0.29, 0.717) is 76.8 Å². The number of nitrogens with one attached hydrogen (secondary N) is 3. The Morgan fingerprint density at radius 1 is 1.05 bits per heavy atom. The van der Waals surface area contributed by atoms with Crippen molar-refractivity contribution in [1.82, 2.24) is 35.0 Å². The minimum absolute atomic E-state index is 0.0555. The number of primary amides is 1. The second-order valence-electron chi connectivity index (χ2n) is 9.44. The fraction of sp³-hybridized carbons (Fsp3) is 0.185. The second kappa shape index (κ2) is 10.3. The molecule has 0 atom stereocenters. The number of nitrogens with two attached hydrogens (primary N) is 1. The van der Waals surface area contributed by atoms with Gasteiger partial charge in [-0.3, -0.25) is 14.7 Å². The summed E-state index contributed by atoms with van der Waals surface area (Å²) in [6.45, 7) is 4.10. The van der Waals surface area contributed by atoms with Gasteiger partial charge in [0.05, 0.1) is 17.3 Å². The van der Waals surface area contributed by atoms with Crippen molar-refractivity contribution in [3.63, 3.8) is 0 Å². The second-order valence-corrected chi connectivity index (χ2v) is 9.84. The summed E-state index contributed by atoms with van der Waals surface area (Å²) in [6.07, 6.45) is 1.56. The van der Waals surface area contributed by atoms with Crippen molar-refractivity contribution in [3.8, 4) is 11.4 Å². The van der Waals surface area contributed by atoms with Gasteiger partial charge < -0.3 is 25.8 Å². The van der Waals surface area contributed by atoms with Gasteiger partial charge in [-0.05, 0) is 31.2 Å². The van der Waals surface area contributed by atoms with Crippen molar-refractivity contribution in [3.05, 3.63) is 76.6 Å². The highest BCUT2D eigenvalue weighted by molar-refractivity contribution is 6.32. The largest absolute Gasteiger partial charge is 0.366 e. The summed E-state index contributed by atoms with van der Waals surface area (Å²) in [5.41, 5.74) is 9.36. The summed E-state index contributed by atoms with van der Waals surface area (Å²) in [5, 5.41) is 10.5. The first-order valence-corrected chi connectivity index (χ1v) is 13.0. The van der Waals surface area contributed by atoms with Gasteiger partial charge in [0, 0.05) is 49.1 Å². The Labute approximate surface area is 233 Å². The number of piperazine rings is 1. The number of rotatable bonds is 6. The van der Waals surface area contributed by atoms with E-state index in [2.05, 4.69) is 35.5 Å².